The topological polar surface area (TPSA) is 15.8 Å². The molecule has 0 atom stereocenters. The maximum absolute atomic E-state index is 13.2. The molecule has 0 unspecified atom stereocenters. The van der Waals surface area contributed by atoms with Crippen LogP contribution in [-0.4, -0.2) is 11.2 Å². The van der Waals surface area contributed by atoms with Crippen LogP contribution in [0.4, 0.5) is 17.6 Å². The highest BCUT2D eigenvalue weighted by Gasteiger charge is 2.29. The summed E-state index contributed by atoms with van der Waals surface area (Å²) in [5.74, 6) is -0.574. The minimum absolute atomic E-state index is 0.0499. The molecule has 0 fully saturated rings. The van der Waals surface area contributed by atoms with Gasteiger partial charge < -0.3 is 4.98 Å². The quantitative estimate of drug-likeness (QED) is 0.760. The van der Waals surface area contributed by atoms with Gasteiger partial charge in [-0.2, -0.15) is 13.2 Å². The van der Waals surface area contributed by atoms with Gasteiger partial charge in [-0.05, 0) is 33.6 Å². The van der Waals surface area contributed by atoms with Gasteiger partial charge in [0.05, 0.1) is 10.9 Å². The summed E-state index contributed by atoms with van der Waals surface area (Å²) in [5.41, 5.74) is 0.529. The number of alkyl halides is 3. The second kappa shape index (κ2) is 3.76. The molecule has 0 spiro atoms. The van der Waals surface area contributed by atoms with Crippen LogP contribution in [0, 0.1) is 5.82 Å². The molecule has 1 aromatic carbocycles. The number of benzene rings is 1. The van der Waals surface area contributed by atoms with Crippen molar-refractivity contribution in [3.63, 3.8) is 0 Å². The Morgan fingerprint density at radius 1 is 1.25 bits per heavy atom. The summed E-state index contributed by atoms with van der Waals surface area (Å²) in [6.07, 6.45) is -4.10. The van der Waals surface area contributed by atoms with Gasteiger partial charge >= 0.3 is 6.18 Å². The van der Waals surface area contributed by atoms with Crippen molar-refractivity contribution in [3.8, 4) is 0 Å². The van der Waals surface area contributed by atoms with Crippen molar-refractivity contribution in [3.05, 3.63) is 34.2 Å². The van der Waals surface area contributed by atoms with E-state index in [1.165, 1.54) is 12.3 Å². The fraction of sp³-hybridized carbons (Fsp3) is 0.200. The van der Waals surface area contributed by atoms with Crippen LogP contribution in [0.2, 0.25) is 0 Å². The van der Waals surface area contributed by atoms with Gasteiger partial charge in [-0.15, -0.1) is 0 Å². The van der Waals surface area contributed by atoms with Crippen LogP contribution < -0.4 is 0 Å². The Balaban J connectivity index is 2.52. The van der Waals surface area contributed by atoms with Crippen LogP contribution in [-0.2, 0) is 6.42 Å². The zero-order valence-corrected chi connectivity index (χ0v) is 9.41. The fourth-order valence-electron chi connectivity index (χ4n) is 1.54. The lowest BCUT2D eigenvalue weighted by Crippen LogP contribution is -2.10. The van der Waals surface area contributed by atoms with E-state index in [9.17, 15) is 17.6 Å². The van der Waals surface area contributed by atoms with E-state index in [4.69, 9.17) is 0 Å². The van der Waals surface area contributed by atoms with Crippen LogP contribution >= 0.6 is 15.9 Å². The summed E-state index contributed by atoms with van der Waals surface area (Å²) in [5, 5.41) is 0.262. The summed E-state index contributed by atoms with van der Waals surface area (Å²) < 4.78 is 50.0. The third kappa shape index (κ3) is 2.21. The third-order valence-corrected chi connectivity index (χ3v) is 2.81. The van der Waals surface area contributed by atoms with Crippen LogP contribution in [0.5, 0.6) is 0 Å². The molecular weight excluding hydrogens is 290 g/mol. The van der Waals surface area contributed by atoms with E-state index < -0.39 is 18.4 Å². The zero-order valence-electron chi connectivity index (χ0n) is 7.83. The van der Waals surface area contributed by atoms with E-state index in [1.807, 2.05) is 0 Å². The third-order valence-electron chi connectivity index (χ3n) is 2.20. The first kappa shape index (κ1) is 11.4. The van der Waals surface area contributed by atoms with Gasteiger partial charge in [0.15, 0.2) is 0 Å². The molecule has 16 heavy (non-hydrogen) atoms. The molecule has 2 rings (SSSR count). The molecule has 86 valence electrons. The highest BCUT2D eigenvalue weighted by atomic mass is 79.9. The Labute approximate surface area is 96.6 Å². The Bertz CT molecular complexity index is 529. The molecule has 0 saturated carbocycles. The molecule has 1 nitrogen and oxygen atoms in total. The molecule has 0 aliphatic carbocycles. The molecule has 1 aromatic heterocycles. The van der Waals surface area contributed by atoms with Gasteiger partial charge in [0.2, 0.25) is 0 Å². The number of aromatic nitrogens is 1. The van der Waals surface area contributed by atoms with Crippen LogP contribution in [0.15, 0.2) is 22.8 Å². The Kier molecular flexibility index (Phi) is 2.69. The second-order valence-electron chi connectivity index (χ2n) is 3.42. The van der Waals surface area contributed by atoms with Gasteiger partial charge in [0.1, 0.15) is 5.82 Å². The first-order chi connectivity index (χ1) is 7.37. The molecule has 0 radical (unpaired) electrons. The summed E-state index contributed by atoms with van der Waals surface area (Å²) in [7, 11) is 0. The number of halogens is 5. The van der Waals surface area contributed by atoms with Crippen molar-refractivity contribution < 1.29 is 17.6 Å². The highest BCUT2D eigenvalue weighted by molar-refractivity contribution is 9.10. The molecule has 0 saturated heterocycles. The molecule has 1 N–H and O–H groups in total. The van der Waals surface area contributed by atoms with E-state index in [2.05, 4.69) is 20.9 Å². The maximum atomic E-state index is 13.2. The predicted octanol–water partition coefficient (Wildman–Crippen LogP) is 4.17. The fourth-order valence-corrected chi connectivity index (χ4v) is 1.88. The highest BCUT2D eigenvalue weighted by Crippen LogP contribution is 2.29. The van der Waals surface area contributed by atoms with E-state index in [0.717, 1.165) is 6.07 Å². The monoisotopic (exact) mass is 295 g/mol. The number of hydrogen-bond donors (Lipinski definition) is 1. The van der Waals surface area contributed by atoms with Gasteiger partial charge in [0, 0.05) is 17.1 Å². The zero-order chi connectivity index (χ0) is 11.9. The SMILES string of the molecule is Fc1cc2c(CC(F)(F)F)c[nH]c2cc1Br. The second-order valence-corrected chi connectivity index (χ2v) is 4.27. The minimum atomic E-state index is -4.29. The summed E-state index contributed by atoms with van der Waals surface area (Å²) in [4.78, 5) is 2.68. The number of H-pyrrole nitrogens is 1. The lowest BCUT2D eigenvalue weighted by molar-refractivity contribution is -0.127. The Morgan fingerprint density at radius 2 is 1.94 bits per heavy atom. The maximum Gasteiger partial charge on any atom is 0.393 e. The van der Waals surface area contributed by atoms with E-state index in [-0.39, 0.29) is 15.4 Å². The first-order valence-electron chi connectivity index (χ1n) is 4.38. The smallest absolute Gasteiger partial charge is 0.361 e. The Morgan fingerprint density at radius 3 is 2.56 bits per heavy atom. The average Bonchev–Trinajstić information content (AvgIpc) is 2.47. The number of aromatic amines is 1. The van der Waals surface area contributed by atoms with Crippen molar-refractivity contribution in [2.24, 2.45) is 0 Å². The lowest BCUT2D eigenvalue weighted by Gasteiger charge is -2.04. The van der Waals surface area contributed by atoms with Gasteiger partial charge in [-0.25, -0.2) is 4.39 Å². The summed E-state index contributed by atoms with van der Waals surface area (Å²) >= 11 is 2.97. The Hall–Kier alpha value is -1.04. The number of nitrogens with one attached hydrogen (secondary N) is 1. The van der Waals surface area contributed by atoms with Gasteiger partial charge in [-0.1, -0.05) is 0 Å². The lowest BCUT2D eigenvalue weighted by atomic mass is 10.1. The van der Waals surface area contributed by atoms with Crippen LogP contribution in [0.3, 0.4) is 0 Å². The normalized spacial score (nSPS) is 12.3. The molecule has 2 aromatic rings. The molecular formula is C10H6BrF4N. The summed E-state index contributed by atoms with van der Waals surface area (Å²) in [6, 6.07) is 2.52. The van der Waals surface area contributed by atoms with Crippen molar-refractivity contribution in [1.82, 2.24) is 4.98 Å². The van der Waals surface area contributed by atoms with Crippen LogP contribution in [0.1, 0.15) is 5.56 Å². The number of fused-ring (bicyclic) bond motifs is 1. The molecule has 0 aliphatic rings. The van der Waals surface area contributed by atoms with Crippen molar-refractivity contribution in [2.75, 3.05) is 0 Å². The number of hydrogen-bond acceptors (Lipinski definition) is 0. The van der Waals surface area contributed by atoms with E-state index >= 15 is 0 Å². The average molecular weight is 296 g/mol. The van der Waals surface area contributed by atoms with Gasteiger partial charge in [0.25, 0.3) is 0 Å². The van der Waals surface area contributed by atoms with Gasteiger partial charge in [-0.3, -0.25) is 0 Å². The number of rotatable bonds is 1. The van der Waals surface area contributed by atoms with E-state index in [1.54, 1.807) is 0 Å². The standard InChI is InChI=1S/C10H6BrF4N/c11-7-2-9-6(1-8(7)12)5(4-16-9)3-10(13,14)15/h1-2,4,16H,3H2. The largest absolute Gasteiger partial charge is 0.393 e. The van der Waals surface area contributed by atoms with Crippen molar-refractivity contribution in [1.29, 1.82) is 0 Å². The predicted molar refractivity (Wildman–Crippen MR) is 55.7 cm³/mol. The molecule has 1 heterocycles. The molecule has 6 heteroatoms. The van der Waals surface area contributed by atoms with E-state index in [0.29, 0.717) is 5.52 Å². The molecule has 0 aliphatic heterocycles. The molecule has 0 bridgehead atoms. The summed E-state index contributed by atoms with van der Waals surface area (Å²) in [6.45, 7) is 0. The first-order valence-corrected chi connectivity index (χ1v) is 5.18. The molecule has 0 amide bonds. The van der Waals surface area contributed by atoms with Crippen molar-refractivity contribution in [2.45, 2.75) is 12.6 Å². The van der Waals surface area contributed by atoms with Crippen molar-refractivity contribution >= 4 is 26.8 Å². The van der Waals surface area contributed by atoms with Crippen LogP contribution in [0.25, 0.3) is 10.9 Å². The minimum Gasteiger partial charge on any atom is -0.361 e.